The monoisotopic (exact) mass is 383 g/mol. The zero-order chi connectivity index (χ0) is 18.4. The van der Waals surface area contributed by atoms with E-state index in [0.29, 0.717) is 6.54 Å². The van der Waals surface area contributed by atoms with Crippen LogP contribution in [0.25, 0.3) is 0 Å². The molecule has 25 heavy (non-hydrogen) atoms. The molecule has 2 N–H and O–H groups in total. The number of sulfonamides is 1. The number of benzene rings is 1. The van der Waals surface area contributed by atoms with Gasteiger partial charge in [0.15, 0.2) is 0 Å². The van der Waals surface area contributed by atoms with Crippen LogP contribution in [-0.2, 0) is 14.8 Å². The number of hydrogen-bond acceptors (Lipinski definition) is 7. The molecule has 1 amide bonds. The van der Waals surface area contributed by atoms with Gasteiger partial charge in [0.05, 0.1) is 0 Å². The maximum atomic E-state index is 12.2. The van der Waals surface area contributed by atoms with Gasteiger partial charge in [-0.05, 0) is 12.1 Å². The molecule has 0 unspecified atom stereocenters. The van der Waals surface area contributed by atoms with Gasteiger partial charge in [0.1, 0.15) is 0 Å². The highest BCUT2D eigenvalue weighted by atomic mass is 32.2. The Morgan fingerprint density at radius 1 is 1.24 bits per heavy atom. The Morgan fingerprint density at radius 3 is 2.56 bits per heavy atom. The van der Waals surface area contributed by atoms with Crippen LogP contribution >= 0.6 is 11.3 Å². The molecule has 0 radical (unpaired) electrons. The fourth-order valence-electron chi connectivity index (χ4n) is 1.84. The number of carbonyl (C=O) groups excluding carboxylic acids is 1. The van der Waals surface area contributed by atoms with Crippen LogP contribution in [-0.4, -0.2) is 44.7 Å². The molecule has 136 valence electrons. The molecule has 1 aromatic carbocycles. The van der Waals surface area contributed by atoms with E-state index in [0.717, 1.165) is 17.0 Å². The Labute approximate surface area is 151 Å². The van der Waals surface area contributed by atoms with Crippen molar-refractivity contribution in [2.45, 2.75) is 18.2 Å². The minimum absolute atomic E-state index is 0.167. The smallest absolute Gasteiger partial charge is 0.269 e. The van der Waals surface area contributed by atoms with E-state index in [9.17, 15) is 13.2 Å². The van der Waals surface area contributed by atoms with Crippen LogP contribution in [0.15, 0.2) is 34.7 Å². The lowest BCUT2D eigenvalue weighted by Gasteiger charge is -2.19. The van der Waals surface area contributed by atoms with E-state index in [4.69, 9.17) is 0 Å². The first kappa shape index (κ1) is 19.3. The predicted octanol–water partition coefficient (Wildman–Crippen LogP) is 1.55. The average Bonchev–Trinajstić information content (AvgIpc) is 3.04. The Balaban J connectivity index is 1.91. The third-order valence-corrected chi connectivity index (χ3v) is 5.99. The number of amides is 1. The first-order valence-electron chi connectivity index (χ1n) is 7.70. The Bertz CT molecular complexity index is 806. The molecular formula is C15H21N5O3S2. The fourth-order valence-corrected chi connectivity index (χ4v) is 3.80. The number of nitrogens with zero attached hydrogens (tertiary/aromatic N) is 3. The van der Waals surface area contributed by atoms with Crippen LogP contribution in [0.5, 0.6) is 0 Å². The SMILES string of the molecule is CC(C)C(=O)Nc1nnc(S(=O)(=O)NCCN(C)c2ccccc2)s1. The van der Waals surface area contributed by atoms with Gasteiger partial charge in [-0.25, -0.2) is 13.1 Å². The molecule has 0 spiro atoms. The molecule has 0 fully saturated rings. The summed E-state index contributed by atoms with van der Waals surface area (Å²) in [5.74, 6) is -0.465. The van der Waals surface area contributed by atoms with Crippen molar-refractivity contribution in [3.8, 4) is 0 Å². The Morgan fingerprint density at radius 2 is 1.92 bits per heavy atom. The van der Waals surface area contributed by atoms with Crippen molar-refractivity contribution in [3.05, 3.63) is 30.3 Å². The lowest BCUT2D eigenvalue weighted by Crippen LogP contribution is -2.33. The summed E-state index contributed by atoms with van der Waals surface area (Å²) in [4.78, 5) is 13.6. The van der Waals surface area contributed by atoms with Crippen LogP contribution in [0.2, 0.25) is 0 Å². The third kappa shape index (κ3) is 5.48. The average molecular weight is 383 g/mol. The Kier molecular flexibility index (Phi) is 6.45. The van der Waals surface area contributed by atoms with Gasteiger partial charge in [-0.15, -0.1) is 10.2 Å². The zero-order valence-electron chi connectivity index (χ0n) is 14.3. The van der Waals surface area contributed by atoms with E-state index in [1.165, 1.54) is 0 Å². The molecule has 0 atom stereocenters. The number of likely N-dealkylation sites (N-methyl/N-ethyl adjacent to an activating group) is 1. The number of nitrogens with one attached hydrogen (secondary N) is 2. The molecule has 0 saturated heterocycles. The molecule has 10 heteroatoms. The summed E-state index contributed by atoms with van der Waals surface area (Å²) in [6, 6.07) is 9.66. The number of aromatic nitrogens is 2. The summed E-state index contributed by atoms with van der Waals surface area (Å²) in [6.07, 6.45) is 0. The highest BCUT2D eigenvalue weighted by Crippen LogP contribution is 2.20. The van der Waals surface area contributed by atoms with Crippen molar-refractivity contribution in [2.24, 2.45) is 5.92 Å². The van der Waals surface area contributed by atoms with E-state index < -0.39 is 10.0 Å². The van der Waals surface area contributed by atoms with Crippen LogP contribution in [0, 0.1) is 5.92 Å². The van der Waals surface area contributed by atoms with E-state index in [2.05, 4.69) is 20.2 Å². The molecule has 0 bridgehead atoms. The highest BCUT2D eigenvalue weighted by molar-refractivity contribution is 7.91. The van der Waals surface area contributed by atoms with E-state index in [-0.39, 0.29) is 27.8 Å². The van der Waals surface area contributed by atoms with Crippen LogP contribution in [0.4, 0.5) is 10.8 Å². The lowest BCUT2D eigenvalue weighted by molar-refractivity contribution is -0.118. The Hall–Kier alpha value is -2.04. The van der Waals surface area contributed by atoms with Crippen molar-refractivity contribution in [1.82, 2.24) is 14.9 Å². The minimum atomic E-state index is -3.76. The van der Waals surface area contributed by atoms with Gasteiger partial charge in [-0.1, -0.05) is 43.4 Å². The summed E-state index contributed by atoms with van der Waals surface area (Å²) in [6.45, 7) is 4.19. The zero-order valence-corrected chi connectivity index (χ0v) is 15.9. The van der Waals surface area contributed by atoms with Gasteiger partial charge in [-0.3, -0.25) is 4.79 Å². The van der Waals surface area contributed by atoms with Crippen LogP contribution < -0.4 is 14.9 Å². The standard InChI is InChI=1S/C15H21N5O3S2/c1-11(2)13(21)17-14-18-19-15(24-14)25(22,23)16-9-10-20(3)12-7-5-4-6-8-12/h4-8,11,16H,9-10H2,1-3H3,(H,17,18,21). The fraction of sp³-hybridized carbons (Fsp3) is 0.400. The molecule has 0 saturated carbocycles. The van der Waals surface area contributed by atoms with Crippen molar-refractivity contribution in [2.75, 3.05) is 30.4 Å². The highest BCUT2D eigenvalue weighted by Gasteiger charge is 2.21. The first-order valence-corrected chi connectivity index (χ1v) is 10.00. The second-order valence-electron chi connectivity index (χ2n) is 5.67. The largest absolute Gasteiger partial charge is 0.373 e. The second-order valence-corrected chi connectivity index (χ2v) is 8.59. The number of carbonyl (C=O) groups is 1. The van der Waals surface area contributed by atoms with E-state index in [1.54, 1.807) is 13.8 Å². The van der Waals surface area contributed by atoms with Gasteiger partial charge < -0.3 is 10.2 Å². The van der Waals surface area contributed by atoms with Gasteiger partial charge in [-0.2, -0.15) is 0 Å². The maximum absolute atomic E-state index is 12.2. The summed E-state index contributed by atoms with van der Waals surface area (Å²) in [5.41, 5.74) is 0.997. The molecule has 1 aromatic heterocycles. The molecular weight excluding hydrogens is 362 g/mol. The normalized spacial score (nSPS) is 11.5. The molecule has 0 aliphatic heterocycles. The van der Waals surface area contributed by atoms with Gasteiger partial charge >= 0.3 is 0 Å². The van der Waals surface area contributed by atoms with Crippen molar-refractivity contribution < 1.29 is 13.2 Å². The third-order valence-electron chi connectivity index (χ3n) is 3.33. The minimum Gasteiger partial charge on any atom is -0.373 e. The molecule has 0 aliphatic rings. The lowest BCUT2D eigenvalue weighted by atomic mass is 10.2. The van der Waals surface area contributed by atoms with E-state index in [1.807, 2.05) is 42.3 Å². The summed E-state index contributed by atoms with van der Waals surface area (Å²) >= 11 is 0.823. The van der Waals surface area contributed by atoms with Crippen molar-refractivity contribution >= 4 is 38.1 Å². The summed E-state index contributed by atoms with van der Waals surface area (Å²) < 4.78 is 26.8. The number of rotatable bonds is 8. The number of hydrogen-bond donors (Lipinski definition) is 2. The quantitative estimate of drug-likeness (QED) is 0.670. The molecule has 8 nitrogen and oxygen atoms in total. The van der Waals surface area contributed by atoms with Crippen LogP contribution in [0.3, 0.4) is 0 Å². The number of anilines is 2. The van der Waals surface area contributed by atoms with Crippen LogP contribution in [0.1, 0.15) is 13.8 Å². The topological polar surface area (TPSA) is 104 Å². The van der Waals surface area contributed by atoms with E-state index >= 15 is 0 Å². The van der Waals surface area contributed by atoms with Gasteiger partial charge in [0.2, 0.25) is 15.4 Å². The second kappa shape index (κ2) is 8.37. The van der Waals surface area contributed by atoms with Crippen molar-refractivity contribution in [3.63, 3.8) is 0 Å². The van der Waals surface area contributed by atoms with Gasteiger partial charge in [0, 0.05) is 31.7 Å². The molecule has 2 rings (SSSR count). The maximum Gasteiger partial charge on any atom is 0.269 e. The summed E-state index contributed by atoms with van der Waals surface area (Å²) in [5, 5.41) is 10.1. The van der Waals surface area contributed by atoms with Gasteiger partial charge in [0.25, 0.3) is 10.0 Å². The summed E-state index contributed by atoms with van der Waals surface area (Å²) in [7, 11) is -1.87. The molecule has 0 aliphatic carbocycles. The van der Waals surface area contributed by atoms with Crippen molar-refractivity contribution in [1.29, 1.82) is 0 Å². The first-order chi connectivity index (χ1) is 11.8. The molecule has 1 heterocycles. The molecule has 2 aromatic rings. The number of para-hydroxylation sites is 1. The predicted molar refractivity (Wildman–Crippen MR) is 98.3 cm³/mol.